The molecule has 1 aromatic heterocycles. The van der Waals surface area contributed by atoms with E-state index in [1.165, 1.54) is 12.1 Å². The van der Waals surface area contributed by atoms with E-state index in [9.17, 15) is 14.0 Å². The second-order valence-corrected chi connectivity index (χ2v) is 5.10. The van der Waals surface area contributed by atoms with Gasteiger partial charge in [-0.05, 0) is 23.8 Å². The molecule has 3 aromatic rings. The van der Waals surface area contributed by atoms with Crippen molar-refractivity contribution in [3.8, 4) is 0 Å². The van der Waals surface area contributed by atoms with Gasteiger partial charge in [-0.25, -0.2) is 4.39 Å². The van der Waals surface area contributed by atoms with Crippen LogP contribution in [0.25, 0.3) is 10.9 Å². The normalized spacial score (nSPS) is 12.0. The Kier molecular flexibility index (Phi) is 3.80. The Balaban J connectivity index is 1.89. The molecule has 116 valence electrons. The van der Waals surface area contributed by atoms with E-state index in [1.54, 1.807) is 42.5 Å². The van der Waals surface area contributed by atoms with Gasteiger partial charge in [0.2, 0.25) is 5.91 Å². The molecule has 0 unspecified atom stereocenters. The fourth-order valence-electron chi connectivity index (χ4n) is 2.41. The molecule has 0 spiro atoms. The number of H-pyrrole nitrogens is 1. The van der Waals surface area contributed by atoms with Crippen molar-refractivity contribution in [2.24, 2.45) is 5.73 Å². The number of amides is 2. The van der Waals surface area contributed by atoms with E-state index in [4.69, 9.17) is 5.73 Å². The second-order valence-electron chi connectivity index (χ2n) is 5.10. The monoisotopic (exact) mass is 311 g/mol. The highest BCUT2D eigenvalue weighted by molar-refractivity contribution is 6.00. The molecule has 2 aromatic carbocycles. The summed E-state index contributed by atoms with van der Waals surface area (Å²) in [6, 6.07) is 13.7. The Morgan fingerprint density at radius 2 is 1.83 bits per heavy atom. The first-order valence-corrected chi connectivity index (χ1v) is 6.98. The molecule has 6 heteroatoms. The van der Waals surface area contributed by atoms with E-state index in [0.717, 1.165) is 0 Å². The lowest BCUT2D eigenvalue weighted by molar-refractivity contribution is -0.120. The van der Waals surface area contributed by atoms with Gasteiger partial charge in [-0.3, -0.25) is 9.59 Å². The van der Waals surface area contributed by atoms with Crippen LogP contribution < -0.4 is 11.1 Å². The number of hydrogen-bond acceptors (Lipinski definition) is 2. The SMILES string of the molecule is NC(=O)[C@H](NC(=O)c1cc2c(F)cccc2[nH]1)c1ccccc1. The summed E-state index contributed by atoms with van der Waals surface area (Å²) >= 11 is 0. The molecule has 3 rings (SSSR count). The molecule has 0 bridgehead atoms. The van der Waals surface area contributed by atoms with E-state index in [0.29, 0.717) is 16.5 Å². The molecule has 0 radical (unpaired) electrons. The maximum atomic E-state index is 13.7. The smallest absolute Gasteiger partial charge is 0.268 e. The van der Waals surface area contributed by atoms with Gasteiger partial charge in [0.15, 0.2) is 0 Å². The van der Waals surface area contributed by atoms with Crippen molar-refractivity contribution in [2.45, 2.75) is 6.04 Å². The highest BCUT2D eigenvalue weighted by atomic mass is 19.1. The van der Waals surface area contributed by atoms with Crippen LogP contribution in [-0.4, -0.2) is 16.8 Å². The molecule has 0 aliphatic heterocycles. The highest BCUT2D eigenvalue weighted by Crippen LogP contribution is 2.19. The van der Waals surface area contributed by atoms with E-state index in [2.05, 4.69) is 10.3 Å². The number of aromatic nitrogens is 1. The van der Waals surface area contributed by atoms with Crippen molar-refractivity contribution in [1.29, 1.82) is 0 Å². The molecule has 0 saturated heterocycles. The van der Waals surface area contributed by atoms with Crippen LogP contribution in [0.2, 0.25) is 0 Å². The Bertz CT molecular complexity index is 874. The fraction of sp³-hybridized carbons (Fsp3) is 0.0588. The number of benzene rings is 2. The molecule has 23 heavy (non-hydrogen) atoms. The molecule has 4 N–H and O–H groups in total. The first-order valence-electron chi connectivity index (χ1n) is 6.98. The third-order valence-electron chi connectivity index (χ3n) is 3.55. The zero-order valence-corrected chi connectivity index (χ0v) is 12.0. The summed E-state index contributed by atoms with van der Waals surface area (Å²) in [6.07, 6.45) is 0. The lowest BCUT2D eigenvalue weighted by Gasteiger charge is -2.15. The number of primary amides is 1. The van der Waals surface area contributed by atoms with Crippen molar-refractivity contribution in [1.82, 2.24) is 10.3 Å². The summed E-state index contributed by atoms with van der Waals surface area (Å²) in [5, 5.41) is 2.88. The van der Waals surface area contributed by atoms with Gasteiger partial charge in [0.1, 0.15) is 17.6 Å². The molecule has 5 nitrogen and oxygen atoms in total. The van der Waals surface area contributed by atoms with Gasteiger partial charge in [0, 0.05) is 10.9 Å². The van der Waals surface area contributed by atoms with Crippen LogP contribution in [0.5, 0.6) is 0 Å². The minimum Gasteiger partial charge on any atom is -0.368 e. The van der Waals surface area contributed by atoms with E-state index < -0.39 is 23.7 Å². The number of rotatable bonds is 4. The largest absolute Gasteiger partial charge is 0.368 e. The number of carbonyl (C=O) groups is 2. The Labute approximate surface area is 131 Å². The highest BCUT2D eigenvalue weighted by Gasteiger charge is 2.22. The topological polar surface area (TPSA) is 88.0 Å². The number of nitrogens with one attached hydrogen (secondary N) is 2. The first-order chi connectivity index (χ1) is 11.1. The van der Waals surface area contributed by atoms with Crippen LogP contribution in [0.3, 0.4) is 0 Å². The Morgan fingerprint density at radius 1 is 1.09 bits per heavy atom. The number of halogens is 1. The Hall–Kier alpha value is -3.15. The predicted molar refractivity (Wildman–Crippen MR) is 84.1 cm³/mol. The zero-order valence-electron chi connectivity index (χ0n) is 12.0. The average molecular weight is 311 g/mol. The maximum absolute atomic E-state index is 13.7. The van der Waals surface area contributed by atoms with E-state index >= 15 is 0 Å². The van der Waals surface area contributed by atoms with E-state index in [1.807, 2.05) is 0 Å². The summed E-state index contributed by atoms with van der Waals surface area (Å²) in [5.74, 6) is -1.63. The fourth-order valence-corrected chi connectivity index (χ4v) is 2.41. The second kappa shape index (κ2) is 5.92. The predicted octanol–water partition coefficient (Wildman–Crippen LogP) is 2.26. The summed E-state index contributed by atoms with van der Waals surface area (Å²) in [6.45, 7) is 0. The van der Waals surface area contributed by atoms with Crippen molar-refractivity contribution in [3.05, 3.63) is 71.7 Å². The molecule has 0 aliphatic rings. The standard InChI is InChI=1S/C17H14FN3O2/c18-12-7-4-8-13-11(12)9-14(20-13)17(23)21-15(16(19)22)10-5-2-1-3-6-10/h1-9,15,20H,(H2,19,22)(H,21,23)/t15-/m1/s1. The van der Waals surface area contributed by atoms with Crippen LogP contribution in [0.1, 0.15) is 22.1 Å². The van der Waals surface area contributed by atoms with E-state index in [-0.39, 0.29) is 5.69 Å². The molecular formula is C17H14FN3O2. The Morgan fingerprint density at radius 3 is 2.48 bits per heavy atom. The zero-order chi connectivity index (χ0) is 16.4. The van der Waals surface area contributed by atoms with Gasteiger partial charge in [-0.2, -0.15) is 0 Å². The summed E-state index contributed by atoms with van der Waals surface area (Å²) in [7, 11) is 0. The molecule has 0 saturated carbocycles. The molecule has 1 atom stereocenters. The molecule has 1 heterocycles. The van der Waals surface area contributed by atoms with Crippen LogP contribution in [0.4, 0.5) is 4.39 Å². The van der Waals surface area contributed by atoms with Crippen molar-refractivity contribution >= 4 is 22.7 Å². The van der Waals surface area contributed by atoms with Gasteiger partial charge in [0.05, 0.1) is 0 Å². The molecule has 2 amide bonds. The van der Waals surface area contributed by atoms with Gasteiger partial charge >= 0.3 is 0 Å². The third kappa shape index (κ3) is 2.91. The third-order valence-corrected chi connectivity index (χ3v) is 3.55. The average Bonchev–Trinajstić information content (AvgIpc) is 2.99. The van der Waals surface area contributed by atoms with Crippen LogP contribution >= 0.6 is 0 Å². The van der Waals surface area contributed by atoms with Crippen LogP contribution in [-0.2, 0) is 4.79 Å². The van der Waals surface area contributed by atoms with Crippen LogP contribution in [0.15, 0.2) is 54.6 Å². The number of aromatic amines is 1. The van der Waals surface area contributed by atoms with Crippen molar-refractivity contribution in [2.75, 3.05) is 0 Å². The first kappa shape index (κ1) is 14.8. The molecule has 0 fully saturated rings. The molecular weight excluding hydrogens is 297 g/mol. The lowest BCUT2D eigenvalue weighted by Crippen LogP contribution is -2.37. The van der Waals surface area contributed by atoms with Gasteiger partial charge in [-0.15, -0.1) is 0 Å². The minimum absolute atomic E-state index is 0.160. The van der Waals surface area contributed by atoms with Crippen molar-refractivity contribution < 1.29 is 14.0 Å². The number of carbonyl (C=O) groups excluding carboxylic acids is 2. The summed E-state index contributed by atoms with van der Waals surface area (Å²) in [5.41, 5.74) is 6.61. The molecule has 0 aliphatic carbocycles. The summed E-state index contributed by atoms with van der Waals surface area (Å²) in [4.78, 5) is 26.8. The number of nitrogens with two attached hydrogens (primary N) is 1. The van der Waals surface area contributed by atoms with Gasteiger partial charge < -0.3 is 16.0 Å². The van der Waals surface area contributed by atoms with Gasteiger partial charge in [0.25, 0.3) is 5.91 Å². The van der Waals surface area contributed by atoms with Gasteiger partial charge in [-0.1, -0.05) is 36.4 Å². The lowest BCUT2D eigenvalue weighted by atomic mass is 10.1. The van der Waals surface area contributed by atoms with Crippen molar-refractivity contribution in [3.63, 3.8) is 0 Å². The number of hydrogen-bond donors (Lipinski definition) is 3. The number of fused-ring (bicyclic) bond motifs is 1. The maximum Gasteiger partial charge on any atom is 0.268 e. The summed E-state index contributed by atoms with van der Waals surface area (Å²) < 4.78 is 13.7. The minimum atomic E-state index is -0.958. The van der Waals surface area contributed by atoms with Crippen LogP contribution in [0, 0.1) is 5.82 Å². The quantitative estimate of drug-likeness (QED) is 0.690.